The molecular formula is C16H15ClN2O2. The normalized spacial score (nSPS) is 17.0. The molecule has 108 valence electrons. The maximum Gasteiger partial charge on any atom is 0.231 e. The van der Waals surface area contributed by atoms with Crippen molar-refractivity contribution >= 4 is 23.2 Å². The van der Waals surface area contributed by atoms with E-state index in [2.05, 4.69) is 4.98 Å². The van der Waals surface area contributed by atoms with Gasteiger partial charge >= 0.3 is 0 Å². The van der Waals surface area contributed by atoms with Gasteiger partial charge in [0, 0.05) is 6.20 Å². The minimum atomic E-state index is 0.00709. The van der Waals surface area contributed by atoms with Crippen molar-refractivity contribution in [1.29, 1.82) is 0 Å². The highest BCUT2D eigenvalue weighted by Gasteiger charge is 2.29. The second-order valence-corrected chi connectivity index (χ2v) is 5.44. The molecule has 1 atom stereocenters. The van der Waals surface area contributed by atoms with Gasteiger partial charge in [-0.3, -0.25) is 4.79 Å². The van der Waals surface area contributed by atoms with Gasteiger partial charge in [-0.25, -0.2) is 4.98 Å². The van der Waals surface area contributed by atoms with Crippen molar-refractivity contribution in [3.63, 3.8) is 0 Å². The number of amides is 1. The number of fused-ring (bicyclic) bond motifs is 1. The number of halogens is 1. The Balaban J connectivity index is 1.85. The fourth-order valence-electron chi connectivity index (χ4n) is 2.45. The Bertz CT molecular complexity index is 658. The third-order valence-corrected chi connectivity index (χ3v) is 3.68. The standard InChI is InChI=1S/C16H15ClN2O2/c1-11-10-21-14-5-3-2-4-13(14)19(11)16(20)8-12-6-7-15(17)18-9-12/h2-7,9,11H,8,10H2,1H3/t11-/m1/s1. The van der Waals surface area contributed by atoms with E-state index in [-0.39, 0.29) is 11.9 Å². The van der Waals surface area contributed by atoms with Crippen molar-refractivity contribution in [2.24, 2.45) is 0 Å². The van der Waals surface area contributed by atoms with Gasteiger partial charge < -0.3 is 9.64 Å². The molecule has 0 fully saturated rings. The molecule has 3 rings (SSSR count). The monoisotopic (exact) mass is 302 g/mol. The zero-order valence-corrected chi connectivity index (χ0v) is 12.4. The summed E-state index contributed by atoms with van der Waals surface area (Å²) < 4.78 is 5.66. The first-order valence-corrected chi connectivity index (χ1v) is 7.17. The van der Waals surface area contributed by atoms with E-state index in [0.29, 0.717) is 18.2 Å². The molecule has 1 aromatic carbocycles. The minimum Gasteiger partial charge on any atom is -0.489 e. The molecule has 0 radical (unpaired) electrons. The van der Waals surface area contributed by atoms with Crippen LogP contribution in [-0.2, 0) is 11.2 Å². The van der Waals surface area contributed by atoms with Gasteiger partial charge in [0.25, 0.3) is 0 Å². The van der Waals surface area contributed by atoms with Crippen LogP contribution in [0, 0.1) is 0 Å². The summed E-state index contributed by atoms with van der Waals surface area (Å²) in [6.45, 7) is 2.48. The summed E-state index contributed by atoms with van der Waals surface area (Å²) in [6, 6.07) is 11.1. The third kappa shape index (κ3) is 2.85. The average Bonchev–Trinajstić information content (AvgIpc) is 2.49. The van der Waals surface area contributed by atoms with Gasteiger partial charge in [-0.1, -0.05) is 29.8 Å². The van der Waals surface area contributed by atoms with E-state index >= 15 is 0 Å². The number of aromatic nitrogens is 1. The molecular weight excluding hydrogens is 288 g/mol. The molecule has 21 heavy (non-hydrogen) atoms. The van der Waals surface area contributed by atoms with Gasteiger partial charge in [-0.2, -0.15) is 0 Å². The lowest BCUT2D eigenvalue weighted by atomic mass is 10.1. The van der Waals surface area contributed by atoms with Gasteiger partial charge in [0.1, 0.15) is 17.5 Å². The van der Waals surface area contributed by atoms with Crippen LogP contribution >= 0.6 is 11.6 Å². The number of ether oxygens (including phenoxy) is 1. The van der Waals surface area contributed by atoms with Gasteiger partial charge in [0.2, 0.25) is 5.91 Å². The largest absolute Gasteiger partial charge is 0.489 e. The van der Waals surface area contributed by atoms with Gasteiger partial charge in [0.05, 0.1) is 18.2 Å². The van der Waals surface area contributed by atoms with Crippen LogP contribution in [-0.4, -0.2) is 23.5 Å². The zero-order chi connectivity index (χ0) is 14.8. The van der Waals surface area contributed by atoms with Gasteiger partial charge in [-0.15, -0.1) is 0 Å². The smallest absolute Gasteiger partial charge is 0.231 e. The number of carbonyl (C=O) groups excluding carboxylic acids is 1. The fraction of sp³-hybridized carbons (Fsp3) is 0.250. The van der Waals surface area contributed by atoms with E-state index in [4.69, 9.17) is 16.3 Å². The first-order valence-electron chi connectivity index (χ1n) is 6.79. The number of carbonyl (C=O) groups is 1. The minimum absolute atomic E-state index is 0.00709. The third-order valence-electron chi connectivity index (χ3n) is 3.46. The van der Waals surface area contributed by atoms with Crippen LogP contribution in [0.4, 0.5) is 5.69 Å². The summed E-state index contributed by atoms with van der Waals surface area (Å²) in [5, 5.41) is 0.427. The predicted molar refractivity (Wildman–Crippen MR) is 81.8 cm³/mol. The lowest BCUT2D eigenvalue weighted by Gasteiger charge is -2.35. The number of anilines is 1. The Morgan fingerprint density at radius 3 is 2.95 bits per heavy atom. The van der Waals surface area contributed by atoms with E-state index < -0.39 is 0 Å². The molecule has 1 aromatic heterocycles. The van der Waals surface area contributed by atoms with Crippen LogP contribution in [0.25, 0.3) is 0 Å². The number of benzene rings is 1. The fourth-order valence-corrected chi connectivity index (χ4v) is 2.56. The topological polar surface area (TPSA) is 42.4 Å². The van der Waals surface area contributed by atoms with E-state index in [1.54, 1.807) is 17.2 Å². The molecule has 0 unspecified atom stereocenters. The molecule has 1 amide bonds. The summed E-state index contributed by atoms with van der Waals surface area (Å²) >= 11 is 5.76. The van der Waals surface area contributed by atoms with Crippen molar-refractivity contribution in [3.05, 3.63) is 53.3 Å². The van der Waals surface area contributed by atoms with E-state index in [9.17, 15) is 4.79 Å². The van der Waals surface area contributed by atoms with Gasteiger partial charge in [0.15, 0.2) is 0 Å². The Morgan fingerprint density at radius 1 is 1.38 bits per heavy atom. The van der Waals surface area contributed by atoms with E-state index in [1.807, 2.05) is 37.3 Å². The highest BCUT2D eigenvalue weighted by Crippen LogP contribution is 2.33. The SMILES string of the molecule is C[C@@H]1COc2ccccc2N1C(=O)Cc1ccc(Cl)nc1. The molecule has 0 saturated carbocycles. The van der Waals surface area contributed by atoms with Crippen LogP contribution < -0.4 is 9.64 Å². The van der Waals surface area contributed by atoms with E-state index in [1.165, 1.54) is 0 Å². The number of hydrogen-bond donors (Lipinski definition) is 0. The summed E-state index contributed by atoms with van der Waals surface area (Å²) in [4.78, 5) is 18.4. The predicted octanol–water partition coefficient (Wildman–Crippen LogP) is 3.09. The molecule has 4 nitrogen and oxygen atoms in total. The zero-order valence-electron chi connectivity index (χ0n) is 11.6. The molecule has 2 heterocycles. The molecule has 0 N–H and O–H groups in total. The lowest BCUT2D eigenvalue weighted by molar-refractivity contribution is -0.118. The summed E-state index contributed by atoms with van der Waals surface area (Å²) in [7, 11) is 0. The molecule has 5 heteroatoms. The highest BCUT2D eigenvalue weighted by molar-refractivity contribution is 6.29. The van der Waals surface area contributed by atoms with Crippen molar-refractivity contribution in [1.82, 2.24) is 4.98 Å². The summed E-state index contributed by atoms with van der Waals surface area (Å²) in [6.07, 6.45) is 1.93. The first-order chi connectivity index (χ1) is 10.1. The molecule has 2 aromatic rings. The first kappa shape index (κ1) is 13.9. The maximum absolute atomic E-state index is 12.6. The summed E-state index contributed by atoms with van der Waals surface area (Å²) in [5.41, 5.74) is 1.67. The molecule has 0 saturated heterocycles. The second kappa shape index (κ2) is 5.74. The highest BCUT2D eigenvalue weighted by atomic mass is 35.5. The molecule has 1 aliphatic rings. The maximum atomic E-state index is 12.6. The number of rotatable bonds is 2. The van der Waals surface area contributed by atoms with Crippen molar-refractivity contribution in [3.8, 4) is 5.75 Å². The Labute approximate surface area is 128 Å². The molecule has 1 aliphatic heterocycles. The van der Waals surface area contributed by atoms with Crippen LogP contribution in [0.2, 0.25) is 5.15 Å². The Kier molecular flexibility index (Phi) is 3.80. The summed E-state index contributed by atoms with van der Waals surface area (Å²) in [5.74, 6) is 0.778. The van der Waals surface area contributed by atoms with Crippen LogP contribution in [0.3, 0.4) is 0 Å². The van der Waals surface area contributed by atoms with Crippen LogP contribution in [0.1, 0.15) is 12.5 Å². The number of para-hydroxylation sites is 2. The lowest BCUT2D eigenvalue weighted by Crippen LogP contribution is -2.45. The van der Waals surface area contributed by atoms with Crippen molar-refractivity contribution in [2.45, 2.75) is 19.4 Å². The van der Waals surface area contributed by atoms with Crippen LogP contribution in [0.15, 0.2) is 42.6 Å². The second-order valence-electron chi connectivity index (χ2n) is 5.06. The van der Waals surface area contributed by atoms with E-state index in [0.717, 1.165) is 17.0 Å². The number of hydrogen-bond acceptors (Lipinski definition) is 3. The van der Waals surface area contributed by atoms with Crippen molar-refractivity contribution in [2.75, 3.05) is 11.5 Å². The van der Waals surface area contributed by atoms with Gasteiger partial charge in [-0.05, 0) is 30.7 Å². The van der Waals surface area contributed by atoms with Crippen LogP contribution in [0.5, 0.6) is 5.75 Å². The average molecular weight is 303 g/mol. The molecule has 0 aliphatic carbocycles. The quantitative estimate of drug-likeness (QED) is 0.801. The van der Waals surface area contributed by atoms with Crippen molar-refractivity contribution < 1.29 is 9.53 Å². The molecule has 0 bridgehead atoms. The molecule has 0 spiro atoms. The Hall–Kier alpha value is -2.07. The number of pyridine rings is 1. The Morgan fingerprint density at radius 2 is 2.19 bits per heavy atom. The number of nitrogens with zero attached hydrogens (tertiary/aromatic N) is 2.